The zero-order chi connectivity index (χ0) is 18.7. The molecule has 1 saturated carbocycles. The van der Waals surface area contributed by atoms with E-state index in [2.05, 4.69) is 5.32 Å². The van der Waals surface area contributed by atoms with Crippen molar-refractivity contribution in [3.05, 3.63) is 29.3 Å². The zero-order valence-corrected chi connectivity index (χ0v) is 17.4. The SMILES string of the molecule is CCN(CC)S(=O)(=O)c1ccc(C)c(C(=O)NC2(CN)CCCC2)c1.Cl. The molecule has 3 N–H and O–H groups in total. The average Bonchev–Trinajstić information content (AvgIpc) is 3.04. The minimum atomic E-state index is -3.59. The number of sulfonamides is 1. The molecule has 0 atom stereocenters. The Bertz CT molecular complexity index is 727. The quantitative estimate of drug-likeness (QED) is 0.731. The Kier molecular flexibility index (Phi) is 8.07. The minimum Gasteiger partial charge on any atom is -0.345 e. The topological polar surface area (TPSA) is 92.5 Å². The Balaban J connectivity index is 0.00000338. The first-order chi connectivity index (χ1) is 11.8. The highest BCUT2D eigenvalue weighted by molar-refractivity contribution is 7.89. The maximum absolute atomic E-state index is 12.8. The van der Waals surface area contributed by atoms with Crippen molar-refractivity contribution in [1.29, 1.82) is 0 Å². The third-order valence-corrected chi connectivity index (χ3v) is 7.17. The maximum atomic E-state index is 12.8. The largest absolute Gasteiger partial charge is 0.345 e. The third kappa shape index (κ3) is 4.57. The number of nitrogens with zero attached hydrogens (tertiary/aromatic N) is 1. The van der Waals surface area contributed by atoms with E-state index in [-0.39, 0.29) is 28.7 Å². The fraction of sp³-hybridized carbons (Fsp3) is 0.611. The number of hydrogen-bond donors (Lipinski definition) is 2. The van der Waals surface area contributed by atoms with Gasteiger partial charge in [-0.25, -0.2) is 8.42 Å². The second kappa shape index (κ2) is 9.17. The van der Waals surface area contributed by atoms with Crippen LogP contribution in [0.4, 0.5) is 0 Å². The molecule has 0 aliphatic heterocycles. The summed E-state index contributed by atoms with van der Waals surface area (Å²) in [6.45, 7) is 6.60. The molecule has 6 nitrogen and oxygen atoms in total. The normalized spacial score (nSPS) is 16.3. The highest BCUT2D eigenvalue weighted by atomic mass is 35.5. The van der Waals surface area contributed by atoms with Gasteiger partial charge in [0.1, 0.15) is 0 Å². The molecule has 2 rings (SSSR count). The van der Waals surface area contributed by atoms with Gasteiger partial charge in [-0.1, -0.05) is 32.8 Å². The summed E-state index contributed by atoms with van der Waals surface area (Å²) in [5.74, 6) is -0.249. The summed E-state index contributed by atoms with van der Waals surface area (Å²) in [5, 5.41) is 3.06. The summed E-state index contributed by atoms with van der Waals surface area (Å²) < 4.78 is 26.8. The van der Waals surface area contributed by atoms with Crippen molar-refractivity contribution in [2.45, 2.75) is 56.9 Å². The highest BCUT2D eigenvalue weighted by Gasteiger charge is 2.34. The first-order valence-electron chi connectivity index (χ1n) is 8.93. The summed E-state index contributed by atoms with van der Waals surface area (Å²) in [7, 11) is -3.59. The molecule has 0 spiro atoms. The lowest BCUT2D eigenvalue weighted by atomic mass is 9.96. The van der Waals surface area contributed by atoms with E-state index < -0.39 is 10.0 Å². The number of carbonyl (C=O) groups excluding carboxylic acids is 1. The summed E-state index contributed by atoms with van der Waals surface area (Å²) in [6.07, 6.45) is 3.83. The molecule has 1 aliphatic carbocycles. The van der Waals surface area contributed by atoms with E-state index >= 15 is 0 Å². The number of benzene rings is 1. The van der Waals surface area contributed by atoms with E-state index in [4.69, 9.17) is 5.73 Å². The lowest BCUT2D eigenvalue weighted by molar-refractivity contribution is 0.0902. The minimum absolute atomic E-state index is 0. The molecule has 0 bridgehead atoms. The Labute approximate surface area is 163 Å². The molecule has 8 heteroatoms. The molecule has 26 heavy (non-hydrogen) atoms. The predicted octanol–water partition coefficient (Wildman–Crippen LogP) is 2.45. The maximum Gasteiger partial charge on any atom is 0.252 e. The zero-order valence-electron chi connectivity index (χ0n) is 15.7. The van der Waals surface area contributed by atoms with Crippen molar-refractivity contribution in [2.24, 2.45) is 5.73 Å². The van der Waals surface area contributed by atoms with E-state index in [1.165, 1.54) is 10.4 Å². The van der Waals surface area contributed by atoms with E-state index in [1.807, 2.05) is 6.92 Å². The van der Waals surface area contributed by atoms with Gasteiger partial charge in [-0.3, -0.25) is 4.79 Å². The fourth-order valence-electron chi connectivity index (χ4n) is 3.46. The van der Waals surface area contributed by atoms with Gasteiger partial charge in [0.25, 0.3) is 5.91 Å². The number of hydrogen-bond acceptors (Lipinski definition) is 4. The molecule has 148 valence electrons. The molecule has 1 aromatic rings. The Hall–Kier alpha value is -1.15. The first kappa shape index (κ1) is 22.9. The van der Waals surface area contributed by atoms with Crippen molar-refractivity contribution in [3.63, 3.8) is 0 Å². The van der Waals surface area contributed by atoms with Crippen LogP contribution in [-0.4, -0.2) is 43.8 Å². The molecule has 0 aromatic heterocycles. The van der Waals surface area contributed by atoms with Crippen LogP contribution in [-0.2, 0) is 10.0 Å². The lowest BCUT2D eigenvalue weighted by Crippen LogP contribution is -2.51. The number of halogens is 1. The van der Waals surface area contributed by atoms with Crippen LogP contribution in [0, 0.1) is 6.92 Å². The van der Waals surface area contributed by atoms with Crippen LogP contribution in [0.5, 0.6) is 0 Å². The van der Waals surface area contributed by atoms with Crippen LogP contribution in [0.3, 0.4) is 0 Å². The molecule has 1 aliphatic rings. The van der Waals surface area contributed by atoms with Crippen molar-refractivity contribution < 1.29 is 13.2 Å². The van der Waals surface area contributed by atoms with E-state index in [1.54, 1.807) is 26.0 Å². The van der Waals surface area contributed by atoms with Crippen LogP contribution >= 0.6 is 12.4 Å². The highest BCUT2D eigenvalue weighted by Crippen LogP contribution is 2.29. The van der Waals surface area contributed by atoms with Gasteiger partial charge < -0.3 is 11.1 Å². The van der Waals surface area contributed by atoms with Gasteiger partial charge >= 0.3 is 0 Å². The number of nitrogens with one attached hydrogen (secondary N) is 1. The van der Waals surface area contributed by atoms with Crippen LogP contribution in [0.1, 0.15) is 55.5 Å². The van der Waals surface area contributed by atoms with E-state index in [0.717, 1.165) is 31.2 Å². The molecular formula is C18H30ClN3O3S. The van der Waals surface area contributed by atoms with E-state index in [0.29, 0.717) is 25.2 Å². The second-order valence-corrected chi connectivity index (χ2v) is 8.65. The van der Waals surface area contributed by atoms with Crippen molar-refractivity contribution in [2.75, 3.05) is 19.6 Å². The summed E-state index contributed by atoms with van der Waals surface area (Å²) in [4.78, 5) is 13.0. The number of amides is 1. The first-order valence-corrected chi connectivity index (χ1v) is 10.4. The summed E-state index contributed by atoms with van der Waals surface area (Å²) in [6, 6.07) is 4.74. The van der Waals surface area contributed by atoms with Gasteiger partial charge in [0.05, 0.1) is 10.4 Å². The van der Waals surface area contributed by atoms with Crippen molar-refractivity contribution >= 4 is 28.3 Å². The standard InChI is InChI=1S/C18H29N3O3S.ClH/c1-4-21(5-2)25(23,24)15-9-8-14(3)16(12-15)17(22)20-18(13-19)10-6-7-11-18;/h8-9,12H,4-7,10-11,13,19H2,1-3H3,(H,20,22);1H. The van der Waals surface area contributed by atoms with Gasteiger partial charge in [-0.2, -0.15) is 4.31 Å². The Morgan fingerprint density at radius 3 is 2.31 bits per heavy atom. The Morgan fingerprint density at radius 2 is 1.81 bits per heavy atom. The van der Waals surface area contributed by atoms with Crippen molar-refractivity contribution in [3.8, 4) is 0 Å². The molecule has 0 unspecified atom stereocenters. The lowest BCUT2D eigenvalue weighted by Gasteiger charge is -2.29. The number of aryl methyl sites for hydroxylation is 1. The van der Waals surface area contributed by atoms with Crippen molar-refractivity contribution in [1.82, 2.24) is 9.62 Å². The molecule has 0 saturated heterocycles. The molecule has 1 aromatic carbocycles. The predicted molar refractivity (Wildman–Crippen MR) is 106 cm³/mol. The van der Waals surface area contributed by atoms with E-state index in [9.17, 15) is 13.2 Å². The molecule has 1 amide bonds. The second-order valence-electron chi connectivity index (χ2n) is 6.71. The van der Waals surface area contributed by atoms with Crippen LogP contribution < -0.4 is 11.1 Å². The van der Waals surface area contributed by atoms with Crippen LogP contribution in [0.25, 0.3) is 0 Å². The van der Waals surface area contributed by atoms with Crippen LogP contribution in [0.2, 0.25) is 0 Å². The molecule has 0 radical (unpaired) electrons. The van der Waals surface area contributed by atoms with Gasteiger partial charge in [-0.15, -0.1) is 12.4 Å². The van der Waals surface area contributed by atoms with Gasteiger partial charge in [-0.05, 0) is 37.5 Å². The third-order valence-electron chi connectivity index (χ3n) is 5.13. The molecule has 1 fully saturated rings. The number of rotatable bonds is 7. The monoisotopic (exact) mass is 403 g/mol. The number of carbonyl (C=O) groups is 1. The fourth-order valence-corrected chi connectivity index (χ4v) is 4.94. The molecular weight excluding hydrogens is 374 g/mol. The Morgan fingerprint density at radius 1 is 1.23 bits per heavy atom. The molecule has 0 heterocycles. The van der Waals surface area contributed by atoms with Crippen LogP contribution in [0.15, 0.2) is 23.1 Å². The average molecular weight is 404 g/mol. The summed E-state index contributed by atoms with van der Waals surface area (Å²) >= 11 is 0. The number of nitrogens with two attached hydrogens (primary N) is 1. The summed E-state index contributed by atoms with van der Waals surface area (Å²) in [5.41, 5.74) is 6.67. The smallest absolute Gasteiger partial charge is 0.252 e. The van der Waals surface area contributed by atoms with Gasteiger partial charge in [0, 0.05) is 25.2 Å². The van der Waals surface area contributed by atoms with Gasteiger partial charge in [0.2, 0.25) is 10.0 Å². The van der Waals surface area contributed by atoms with Gasteiger partial charge in [0.15, 0.2) is 0 Å².